The molecule has 2 N–H and O–H groups in total. The lowest BCUT2D eigenvalue weighted by Crippen LogP contribution is -2.33. The molecular formula is C7H17N3O. The zero-order valence-electron chi connectivity index (χ0n) is 7.50. The summed E-state index contributed by atoms with van der Waals surface area (Å²) in [5.74, 6) is 0.431. The average molecular weight is 159 g/mol. The highest BCUT2D eigenvalue weighted by Crippen LogP contribution is 1.88. The van der Waals surface area contributed by atoms with Gasteiger partial charge in [-0.2, -0.15) is 0 Å². The summed E-state index contributed by atoms with van der Waals surface area (Å²) in [6.07, 6.45) is 2.20. The second-order valence-electron chi connectivity index (χ2n) is 2.27. The van der Waals surface area contributed by atoms with Crippen molar-refractivity contribution in [2.75, 3.05) is 20.7 Å². The molecule has 0 aromatic heterocycles. The molecule has 0 aliphatic carbocycles. The number of hydrogen-bond donors (Lipinski definition) is 1. The van der Waals surface area contributed by atoms with Gasteiger partial charge in [0.25, 0.3) is 0 Å². The lowest BCUT2D eigenvalue weighted by molar-refractivity contribution is -0.0432. The smallest absolute Gasteiger partial charge is 0.215 e. The van der Waals surface area contributed by atoms with Gasteiger partial charge < -0.3 is 5.73 Å². The third-order valence-corrected chi connectivity index (χ3v) is 1.38. The van der Waals surface area contributed by atoms with E-state index in [-0.39, 0.29) is 0 Å². The maximum Gasteiger partial charge on any atom is 0.215 e. The van der Waals surface area contributed by atoms with E-state index in [2.05, 4.69) is 11.9 Å². The Kier molecular flexibility index (Phi) is 5.56. The number of guanidine groups is 1. The predicted molar refractivity (Wildman–Crippen MR) is 46.2 cm³/mol. The predicted octanol–water partition coefficient (Wildman–Crippen LogP) is 0.594. The summed E-state index contributed by atoms with van der Waals surface area (Å²) >= 11 is 0. The Bertz CT molecular complexity index is 125. The first-order chi connectivity index (χ1) is 5.22. The van der Waals surface area contributed by atoms with Crippen LogP contribution in [0.3, 0.4) is 0 Å². The van der Waals surface area contributed by atoms with Crippen molar-refractivity contribution < 1.29 is 4.84 Å². The largest absolute Gasteiger partial charge is 0.368 e. The molecule has 0 amide bonds. The third kappa shape index (κ3) is 4.61. The highest BCUT2D eigenvalue weighted by atomic mass is 16.7. The lowest BCUT2D eigenvalue weighted by atomic mass is 10.3. The second kappa shape index (κ2) is 5.97. The number of hydrogen-bond acceptors (Lipinski definition) is 2. The van der Waals surface area contributed by atoms with Gasteiger partial charge in [0.1, 0.15) is 0 Å². The average Bonchev–Trinajstić information content (AvgIpc) is 2.03. The van der Waals surface area contributed by atoms with Gasteiger partial charge in [0.2, 0.25) is 5.96 Å². The lowest BCUT2D eigenvalue weighted by Gasteiger charge is -2.13. The van der Waals surface area contributed by atoms with Crippen LogP contribution in [-0.2, 0) is 4.84 Å². The molecule has 0 unspecified atom stereocenters. The SMILES string of the molecule is CCCCN=C(N)N(C)OC. The van der Waals surface area contributed by atoms with Crippen LogP contribution in [0.5, 0.6) is 0 Å². The Morgan fingerprint density at radius 3 is 2.73 bits per heavy atom. The Hall–Kier alpha value is -0.770. The van der Waals surface area contributed by atoms with Crippen LogP contribution in [-0.4, -0.2) is 31.7 Å². The van der Waals surface area contributed by atoms with Gasteiger partial charge in [0.15, 0.2) is 0 Å². The van der Waals surface area contributed by atoms with Crippen LogP contribution in [0.4, 0.5) is 0 Å². The fourth-order valence-corrected chi connectivity index (χ4v) is 0.545. The second-order valence-corrected chi connectivity index (χ2v) is 2.27. The van der Waals surface area contributed by atoms with Crippen LogP contribution in [0.25, 0.3) is 0 Å². The molecular weight excluding hydrogens is 142 g/mol. The van der Waals surface area contributed by atoms with E-state index in [0.29, 0.717) is 5.96 Å². The molecule has 66 valence electrons. The summed E-state index contributed by atoms with van der Waals surface area (Å²) in [5, 5.41) is 1.44. The van der Waals surface area contributed by atoms with Gasteiger partial charge in [0, 0.05) is 13.6 Å². The maximum absolute atomic E-state index is 5.52. The Labute approximate surface area is 68.0 Å². The minimum Gasteiger partial charge on any atom is -0.368 e. The molecule has 0 bridgehead atoms. The van der Waals surface area contributed by atoms with E-state index >= 15 is 0 Å². The monoisotopic (exact) mass is 159 g/mol. The topological polar surface area (TPSA) is 50.8 Å². The molecule has 0 spiro atoms. The molecule has 0 aliphatic heterocycles. The van der Waals surface area contributed by atoms with Crippen molar-refractivity contribution >= 4 is 5.96 Å². The van der Waals surface area contributed by atoms with Crippen LogP contribution < -0.4 is 5.73 Å². The van der Waals surface area contributed by atoms with Gasteiger partial charge in [0.05, 0.1) is 7.11 Å². The number of aliphatic imine (C=N–C) groups is 1. The molecule has 11 heavy (non-hydrogen) atoms. The summed E-state index contributed by atoms with van der Waals surface area (Å²) in [7, 11) is 3.28. The zero-order chi connectivity index (χ0) is 8.69. The highest BCUT2D eigenvalue weighted by Gasteiger charge is 1.96. The van der Waals surface area contributed by atoms with E-state index in [0.717, 1.165) is 19.4 Å². The molecule has 0 aromatic rings. The standard InChI is InChI=1S/C7H17N3O/c1-4-5-6-9-7(8)10(2)11-3/h4-6H2,1-3H3,(H2,8,9). The molecule has 0 radical (unpaired) electrons. The fourth-order valence-electron chi connectivity index (χ4n) is 0.545. The summed E-state index contributed by atoms with van der Waals surface area (Å²) in [6.45, 7) is 2.89. The first-order valence-corrected chi connectivity index (χ1v) is 3.80. The number of hydroxylamine groups is 2. The van der Waals surface area contributed by atoms with E-state index in [1.54, 1.807) is 14.2 Å². The Balaban J connectivity index is 3.61. The van der Waals surface area contributed by atoms with E-state index < -0.39 is 0 Å². The molecule has 0 rings (SSSR count). The first kappa shape index (κ1) is 10.2. The van der Waals surface area contributed by atoms with Crippen molar-refractivity contribution in [3.8, 4) is 0 Å². The van der Waals surface area contributed by atoms with E-state index in [1.807, 2.05) is 0 Å². The molecule has 0 aliphatic rings. The summed E-state index contributed by atoms with van der Waals surface area (Å²) in [5.41, 5.74) is 5.52. The fraction of sp³-hybridized carbons (Fsp3) is 0.857. The highest BCUT2D eigenvalue weighted by molar-refractivity contribution is 5.76. The van der Waals surface area contributed by atoms with E-state index in [9.17, 15) is 0 Å². The van der Waals surface area contributed by atoms with Crippen molar-refractivity contribution in [2.45, 2.75) is 19.8 Å². The number of rotatable bonds is 4. The summed E-state index contributed by atoms with van der Waals surface area (Å²) in [6, 6.07) is 0. The summed E-state index contributed by atoms with van der Waals surface area (Å²) < 4.78 is 0. The van der Waals surface area contributed by atoms with Crippen molar-refractivity contribution in [1.29, 1.82) is 0 Å². The van der Waals surface area contributed by atoms with Crippen LogP contribution in [0.15, 0.2) is 4.99 Å². The molecule has 0 fully saturated rings. The van der Waals surface area contributed by atoms with Crippen molar-refractivity contribution in [3.63, 3.8) is 0 Å². The van der Waals surface area contributed by atoms with Crippen LogP contribution in [0.2, 0.25) is 0 Å². The third-order valence-electron chi connectivity index (χ3n) is 1.38. The van der Waals surface area contributed by atoms with Gasteiger partial charge in [-0.15, -0.1) is 0 Å². The molecule has 4 nitrogen and oxygen atoms in total. The molecule has 4 heteroatoms. The van der Waals surface area contributed by atoms with Gasteiger partial charge in [-0.3, -0.25) is 9.83 Å². The molecule has 0 saturated heterocycles. The van der Waals surface area contributed by atoms with Crippen LogP contribution in [0, 0.1) is 0 Å². The minimum atomic E-state index is 0.431. The van der Waals surface area contributed by atoms with Gasteiger partial charge in [-0.25, -0.2) is 5.06 Å². The Morgan fingerprint density at radius 2 is 2.27 bits per heavy atom. The Morgan fingerprint density at radius 1 is 1.64 bits per heavy atom. The molecule has 0 heterocycles. The van der Waals surface area contributed by atoms with E-state index in [4.69, 9.17) is 10.6 Å². The molecule has 0 saturated carbocycles. The van der Waals surface area contributed by atoms with Gasteiger partial charge in [-0.1, -0.05) is 13.3 Å². The number of nitrogens with zero attached hydrogens (tertiary/aromatic N) is 2. The van der Waals surface area contributed by atoms with Gasteiger partial charge >= 0.3 is 0 Å². The van der Waals surface area contributed by atoms with Crippen LogP contribution >= 0.6 is 0 Å². The van der Waals surface area contributed by atoms with Crippen molar-refractivity contribution in [1.82, 2.24) is 5.06 Å². The van der Waals surface area contributed by atoms with E-state index in [1.165, 1.54) is 5.06 Å². The maximum atomic E-state index is 5.52. The first-order valence-electron chi connectivity index (χ1n) is 3.80. The zero-order valence-corrected chi connectivity index (χ0v) is 7.50. The minimum absolute atomic E-state index is 0.431. The molecule has 0 aromatic carbocycles. The number of nitrogens with two attached hydrogens (primary N) is 1. The normalized spacial score (nSPS) is 11.7. The molecule has 0 atom stereocenters. The van der Waals surface area contributed by atoms with Gasteiger partial charge in [-0.05, 0) is 6.42 Å². The van der Waals surface area contributed by atoms with Crippen molar-refractivity contribution in [2.24, 2.45) is 10.7 Å². The van der Waals surface area contributed by atoms with Crippen molar-refractivity contribution in [3.05, 3.63) is 0 Å². The number of unbranched alkanes of at least 4 members (excludes halogenated alkanes) is 1. The summed E-state index contributed by atoms with van der Waals surface area (Å²) in [4.78, 5) is 8.90. The van der Waals surface area contributed by atoms with Crippen LogP contribution in [0.1, 0.15) is 19.8 Å². The quantitative estimate of drug-likeness (QED) is 0.283.